The van der Waals surface area contributed by atoms with Crippen molar-refractivity contribution in [3.05, 3.63) is 23.8 Å². The van der Waals surface area contributed by atoms with Crippen LogP contribution < -0.4 is 10.6 Å². The summed E-state index contributed by atoms with van der Waals surface area (Å²) < 4.78 is 0. The fourth-order valence-electron chi connectivity index (χ4n) is 2.06. The maximum absolute atomic E-state index is 12.0. The van der Waals surface area contributed by atoms with Gasteiger partial charge in [0.2, 0.25) is 5.91 Å². The van der Waals surface area contributed by atoms with Crippen LogP contribution in [0.15, 0.2) is 18.2 Å². The third-order valence-electron chi connectivity index (χ3n) is 2.98. The number of amides is 1. The van der Waals surface area contributed by atoms with Crippen molar-refractivity contribution in [3.8, 4) is 6.07 Å². The van der Waals surface area contributed by atoms with Crippen molar-refractivity contribution in [2.45, 2.75) is 19.8 Å². The summed E-state index contributed by atoms with van der Waals surface area (Å²) in [5.74, 6) is -0.0280. The number of benzene rings is 1. The Balaban J connectivity index is 2.32. The first-order valence-electron chi connectivity index (χ1n) is 5.84. The number of nitrogens with zero attached hydrogens (tertiary/aromatic N) is 1. The molecule has 0 saturated carbocycles. The molecule has 2 N–H and O–H groups in total. The van der Waals surface area contributed by atoms with Crippen LogP contribution in [0.4, 0.5) is 11.4 Å². The Morgan fingerprint density at radius 2 is 2.35 bits per heavy atom. The maximum atomic E-state index is 12.0. The van der Waals surface area contributed by atoms with E-state index in [1.165, 1.54) is 0 Å². The average Bonchev–Trinajstić information content (AvgIpc) is 2.50. The van der Waals surface area contributed by atoms with Gasteiger partial charge < -0.3 is 10.6 Å². The van der Waals surface area contributed by atoms with Crippen molar-refractivity contribution in [2.24, 2.45) is 5.92 Å². The molecule has 88 valence electrons. The van der Waals surface area contributed by atoms with Crippen molar-refractivity contribution >= 4 is 17.3 Å². The summed E-state index contributed by atoms with van der Waals surface area (Å²) in [5, 5.41) is 15.1. The number of para-hydroxylation sites is 1. The number of hydrogen-bond donors (Lipinski definition) is 2. The van der Waals surface area contributed by atoms with Crippen LogP contribution in [-0.2, 0) is 4.79 Å². The van der Waals surface area contributed by atoms with Crippen LogP contribution in [0.2, 0.25) is 0 Å². The molecule has 1 aromatic carbocycles. The number of carbonyl (C=O) groups is 1. The van der Waals surface area contributed by atoms with E-state index in [-0.39, 0.29) is 11.8 Å². The fraction of sp³-hybridized carbons (Fsp3) is 0.385. The second kappa shape index (κ2) is 4.88. The Morgan fingerprint density at radius 1 is 1.53 bits per heavy atom. The van der Waals surface area contributed by atoms with Gasteiger partial charge in [-0.1, -0.05) is 19.4 Å². The topological polar surface area (TPSA) is 64.9 Å². The molecule has 4 nitrogen and oxygen atoms in total. The number of nitrogens with one attached hydrogen (secondary N) is 2. The van der Waals surface area contributed by atoms with Crippen LogP contribution in [0.3, 0.4) is 0 Å². The molecule has 0 spiro atoms. The van der Waals surface area contributed by atoms with Gasteiger partial charge in [-0.15, -0.1) is 0 Å². The summed E-state index contributed by atoms with van der Waals surface area (Å²) in [6.45, 7) is 2.69. The van der Waals surface area contributed by atoms with Crippen LogP contribution >= 0.6 is 0 Å². The number of carbonyl (C=O) groups excluding carboxylic acids is 1. The lowest BCUT2D eigenvalue weighted by atomic mass is 10.0. The van der Waals surface area contributed by atoms with E-state index in [0.717, 1.165) is 18.5 Å². The summed E-state index contributed by atoms with van der Waals surface area (Å²) in [4.78, 5) is 12.0. The minimum Gasteiger partial charge on any atom is -0.383 e. The Bertz CT molecular complexity index is 476. The maximum Gasteiger partial charge on any atom is 0.229 e. The summed E-state index contributed by atoms with van der Waals surface area (Å²) in [7, 11) is 0. The molecule has 0 fully saturated rings. The first-order valence-corrected chi connectivity index (χ1v) is 5.84. The molecule has 17 heavy (non-hydrogen) atoms. The smallest absolute Gasteiger partial charge is 0.229 e. The number of anilines is 2. The molecule has 1 aromatic rings. The third-order valence-corrected chi connectivity index (χ3v) is 2.98. The van der Waals surface area contributed by atoms with E-state index in [1.807, 2.05) is 12.1 Å². The van der Waals surface area contributed by atoms with Gasteiger partial charge >= 0.3 is 0 Å². The molecule has 4 heteroatoms. The Morgan fingerprint density at radius 3 is 3.06 bits per heavy atom. The van der Waals surface area contributed by atoms with E-state index < -0.39 is 0 Å². The van der Waals surface area contributed by atoms with Crippen molar-refractivity contribution in [1.29, 1.82) is 5.26 Å². The highest BCUT2D eigenvalue weighted by molar-refractivity contribution is 5.99. The van der Waals surface area contributed by atoms with Crippen LogP contribution in [-0.4, -0.2) is 12.5 Å². The van der Waals surface area contributed by atoms with Gasteiger partial charge in [0.1, 0.15) is 6.07 Å². The zero-order valence-electron chi connectivity index (χ0n) is 9.79. The van der Waals surface area contributed by atoms with Crippen LogP contribution in [0.25, 0.3) is 0 Å². The highest BCUT2D eigenvalue weighted by Gasteiger charge is 2.23. The van der Waals surface area contributed by atoms with E-state index in [4.69, 9.17) is 5.26 Å². The van der Waals surface area contributed by atoms with E-state index in [2.05, 4.69) is 23.6 Å². The molecule has 0 saturated heterocycles. The van der Waals surface area contributed by atoms with Crippen molar-refractivity contribution in [1.82, 2.24) is 0 Å². The van der Waals surface area contributed by atoms with Crippen molar-refractivity contribution in [2.75, 3.05) is 17.2 Å². The second-order valence-corrected chi connectivity index (χ2v) is 4.20. The molecule has 0 aromatic heterocycles. The van der Waals surface area contributed by atoms with Gasteiger partial charge in [-0.25, -0.2) is 0 Å². The van der Waals surface area contributed by atoms with Crippen LogP contribution in [0, 0.1) is 17.2 Å². The summed E-state index contributed by atoms with van der Waals surface area (Å²) >= 11 is 0. The van der Waals surface area contributed by atoms with Gasteiger partial charge in [0.25, 0.3) is 0 Å². The predicted molar refractivity (Wildman–Crippen MR) is 66.7 cm³/mol. The summed E-state index contributed by atoms with van der Waals surface area (Å²) in [6.07, 6.45) is 1.83. The first kappa shape index (κ1) is 11.5. The van der Waals surface area contributed by atoms with E-state index >= 15 is 0 Å². The highest BCUT2D eigenvalue weighted by Crippen LogP contribution is 2.29. The van der Waals surface area contributed by atoms with Crippen molar-refractivity contribution < 1.29 is 4.79 Å². The van der Waals surface area contributed by atoms with Gasteiger partial charge in [0.15, 0.2) is 0 Å². The fourth-order valence-corrected chi connectivity index (χ4v) is 2.06. The van der Waals surface area contributed by atoms with E-state index in [0.29, 0.717) is 17.8 Å². The number of nitriles is 1. The van der Waals surface area contributed by atoms with Gasteiger partial charge in [-0.05, 0) is 18.6 Å². The lowest BCUT2D eigenvalue weighted by Gasteiger charge is -2.11. The minimum absolute atomic E-state index is 0.000741. The molecule has 1 atom stereocenters. The van der Waals surface area contributed by atoms with Crippen molar-refractivity contribution in [3.63, 3.8) is 0 Å². The molecule has 1 heterocycles. The second-order valence-electron chi connectivity index (χ2n) is 4.20. The largest absolute Gasteiger partial charge is 0.383 e. The van der Waals surface area contributed by atoms with Crippen LogP contribution in [0.5, 0.6) is 0 Å². The Labute approximate surface area is 101 Å². The first-order chi connectivity index (χ1) is 8.26. The SMILES string of the molecule is CCCC1CNc2cccc(C#N)c2NC1=O. The van der Waals surface area contributed by atoms with Gasteiger partial charge in [-0.2, -0.15) is 5.26 Å². The zero-order valence-corrected chi connectivity index (χ0v) is 9.79. The van der Waals surface area contributed by atoms with Gasteiger partial charge in [0, 0.05) is 6.54 Å². The van der Waals surface area contributed by atoms with E-state index in [9.17, 15) is 4.79 Å². The predicted octanol–water partition coefficient (Wildman–Crippen LogP) is 2.34. The number of rotatable bonds is 2. The number of hydrogen-bond acceptors (Lipinski definition) is 3. The number of fused-ring (bicyclic) bond motifs is 1. The van der Waals surface area contributed by atoms with Gasteiger partial charge in [-0.3, -0.25) is 4.79 Å². The molecule has 0 radical (unpaired) electrons. The molecule has 1 amide bonds. The quantitative estimate of drug-likeness (QED) is 0.818. The summed E-state index contributed by atoms with van der Waals surface area (Å²) in [5.41, 5.74) is 1.94. The Hall–Kier alpha value is -2.02. The standard InChI is InChI=1S/C13H15N3O/c1-2-4-10-8-15-11-6-3-5-9(7-14)12(11)16-13(10)17/h3,5-6,10,15H,2,4,8H2,1H3,(H,16,17). The normalized spacial score (nSPS) is 18.4. The Kier molecular flexibility index (Phi) is 3.29. The summed E-state index contributed by atoms with van der Waals surface area (Å²) in [6, 6.07) is 7.50. The highest BCUT2D eigenvalue weighted by atomic mass is 16.1. The lowest BCUT2D eigenvalue weighted by molar-refractivity contribution is -0.119. The minimum atomic E-state index is -0.0288. The molecule has 1 unspecified atom stereocenters. The van der Waals surface area contributed by atoms with E-state index in [1.54, 1.807) is 6.07 Å². The zero-order chi connectivity index (χ0) is 12.3. The molecule has 0 bridgehead atoms. The monoisotopic (exact) mass is 229 g/mol. The average molecular weight is 229 g/mol. The lowest BCUT2D eigenvalue weighted by Crippen LogP contribution is -2.25. The van der Waals surface area contributed by atoms with Gasteiger partial charge in [0.05, 0.1) is 22.9 Å². The molecule has 1 aliphatic rings. The third kappa shape index (κ3) is 2.23. The molecule has 1 aliphatic heterocycles. The van der Waals surface area contributed by atoms with Crippen LogP contribution in [0.1, 0.15) is 25.3 Å². The molecule has 2 rings (SSSR count). The molecular weight excluding hydrogens is 214 g/mol. The molecule has 0 aliphatic carbocycles. The molecular formula is C13H15N3O.